The molecule has 1 N–H and O–H groups in total. The van der Waals surface area contributed by atoms with Crippen molar-refractivity contribution in [3.8, 4) is 0 Å². The van der Waals surface area contributed by atoms with E-state index in [4.69, 9.17) is 16.3 Å². The van der Waals surface area contributed by atoms with Crippen LogP contribution >= 0.6 is 11.6 Å². The van der Waals surface area contributed by atoms with Crippen LogP contribution in [0.5, 0.6) is 0 Å². The number of rotatable bonds is 7. The first kappa shape index (κ1) is 12.8. The topological polar surface area (TPSA) is 21.3 Å². The van der Waals surface area contributed by atoms with Crippen LogP contribution in [0.15, 0.2) is 18.2 Å². The first-order chi connectivity index (χ1) is 8.25. The van der Waals surface area contributed by atoms with Gasteiger partial charge in [0.2, 0.25) is 0 Å². The smallest absolute Gasteiger partial charge is 0.141 e. The number of hydrogen-bond donors (Lipinski definition) is 1. The van der Waals surface area contributed by atoms with E-state index in [2.05, 4.69) is 5.32 Å². The van der Waals surface area contributed by atoms with Gasteiger partial charge in [-0.05, 0) is 36.5 Å². The highest BCUT2D eigenvalue weighted by molar-refractivity contribution is 6.30. The second-order valence-electron chi connectivity index (χ2n) is 4.44. The molecule has 4 heteroatoms. The van der Waals surface area contributed by atoms with Crippen LogP contribution in [0.2, 0.25) is 5.02 Å². The summed E-state index contributed by atoms with van der Waals surface area (Å²) in [7, 11) is 0. The molecule has 2 nitrogen and oxygen atoms in total. The van der Waals surface area contributed by atoms with Crippen molar-refractivity contribution in [1.82, 2.24) is 5.32 Å². The minimum atomic E-state index is -0.372. The molecule has 0 aromatic heterocycles. The Morgan fingerprint density at radius 3 is 2.94 bits per heavy atom. The van der Waals surface area contributed by atoms with E-state index in [-0.39, 0.29) is 10.8 Å². The quantitative estimate of drug-likeness (QED) is 0.759. The molecule has 0 radical (unpaired) electrons. The molecular formula is C13H17ClFNO. The molecule has 0 spiro atoms. The zero-order valence-corrected chi connectivity index (χ0v) is 10.5. The summed E-state index contributed by atoms with van der Waals surface area (Å²) in [6, 6.07) is 4.77. The summed E-state index contributed by atoms with van der Waals surface area (Å²) >= 11 is 5.69. The molecule has 1 fully saturated rings. The molecule has 0 heterocycles. The van der Waals surface area contributed by atoms with Crippen molar-refractivity contribution in [3.63, 3.8) is 0 Å². The fraction of sp³-hybridized carbons (Fsp3) is 0.538. The summed E-state index contributed by atoms with van der Waals surface area (Å²) in [4.78, 5) is 0. The van der Waals surface area contributed by atoms with Crippen molar-refractivity contribution in [3.05, 3.63) is 34.6 Å². The van der Waals surface area contributed by atoms with Crippen LogP contribution in [0.4, 0.5) is 4.39 Å². The number of nitrogens with one attached hydrogen (secondary N) is 1. The van der Waals surface area contributed by atoms with Gasteiger partial charge in [0.1, 0.15) is 5.82 Å². The van der Waals surface area contributed by atoms with Gasteiger partial charge in [-0.15, -0.1) is 0 Å². The zero-order valence-electron chi connectivity index (χ0n) is 9.72. The van der Waals surface area contributed by atoms with Crippen LogP contribution < -0.4 is 5.32 Å². The molecule has 1 aliphatic carbocycles. The Bertz CT molecular complexity index is 368. The lowest BCUT2D eigenvalue weighted by atomic mass is 10.2. The van der Waals surface area contributed by atoms with E-state index in [1.165, 1.54) is 18.9 Å². The second kappa shape index (κ2) is 6.34. The van der Waals surface area contributed by atoms with Gasteiger partial charge in [0.05, 0.1) is 11.6 Å². The third kappa shape index (κ3) is 4.62. The first-order valence-corrected chi connectivity index (χ1v) is 6.36. The average molecular weight is 258 g/mol. The molecule has 0 atom stereocenters. The minimum Gasteiger partial charge on any atom is -0.380 e. The standard InChI is InChI=1S/C13H17ClFNO/c14-12-7-11(3-4-13(12)15)8-16-5-6-17-9-10-1-2-10/h3-4,7,10,16H,1-2,5-6,8-9H2. The van der Waals surface area contributed by atoms with Gasteiger partial charge in [-0.1, -0.05) is 17.7 Å². The molecule has 0 saturated heterocycles. The Kier molecular flexibility index (Phi) is 4.77. The van der Waals surface area contributed by atoms with Crippen LogP contribution in [0, 0.1) is 11.7 Å². The van der Waals surface area contributed by atoms with Crippen LogP contribution in [-0.4, -0.2) is 19.8 Å². The predicted molar refractivity (Wildman–Crippen MR) is 66.7 cm³/mol. The first-order valence-electron chi connectivity index (χ1n) is 5.98. The molecule has 0 aliphatic heterocycles. The second-order valence-corrected chi connectivity index (χ2v) is 4.85. The zero-order chi connectivity index (χ0) is 12.1. The number of benzene rings is 1. The van der Waals surface area contributed by atoms with Crippen molar-refractivity contribution in [2.45, 2.75) is 19.4 Å². The van der Waals surface area contributed by atoms with Crippen molar-refractivity contribution in [1.29, 1.82) is 0 Å². The van der Waals surface area contributed by atoms with E-state index in [1.807, 2.05) is 0 Å². The van der Waals surface area contributed by atoms with Crippen LogP contribution in [0.3, 0.4) is 0 Å². The summed E-state index contributed by atoms with van der Waals surface area (Å²) in [5, 5.41) is 3.41. The monoisotopic (exact) mass is 257 g/mol. The molecule has 94 valence electrons. The molecular weight excluding hydrogens is 241 g/mol. The maximum Gasteiger partial charge on any atom is 0.141 e. The van der Waals surface area contributed by atoms with E-state index in [0.717, 1.165) is 31.2 Å². The van der Waals surface area contributed by atoms with Crippen molar-refractivity contribution < 1.29 is 9.13 Å². The lowest BCUT2D eigenvalue weighted by Gasteiger charge is -2.06. The fourth-order valence-corrected chi connectivity index (χ4v) is 1.76. The fourth-order valence-electron chi connectivity index (χ4n) is 1.56. The van der Waals surface area contributed by atoms with E-state index in [0.29, 0.717) is 6.54 Å². The van der Waals surface area contributed by atoms with Gasteiger partial charge in [-0.2, -0.15) is 0 Å². The lowest BCUT2D eigenvalue weighted by Crippen LogP contribution is -2.19. The molecule has 0 unspecified atom stereocenters. The van der Waals surface area contributed by atoms with Gasteiger partial charge in [0.25, 0.3) is 0 Å². The average Bonchev–Trinajstić information content (AvgIpc) is 3.12. The Morgan fingerprint density at radius 1 is 1.41 bits per heavy atom. The van der Waals surface area contributed by atoms with Gasteiger partial charge in [-0.25, -0.2) is 4.39 Å². The lowest BCUT2D eigenvalue weighted by molar-refractivity contribution is 0.126. The van der Waals surface area contributed by atoms with Crippen molar-refractivity contribution >= 4 is 11.6 Å². The Labute approximate surface area is 106 Å². The van der Waals surface area contributed by atoms with Gasteiger partial charge >= 0.3 is 0 Å². The van der Waals surface area contributed by atoms with Crippen molar-refractivity contribution in [2.75, 3.05) is 19.8 Å². The molecule has 2 rings (SSSR count). The Hall–Kier alpha value is -0.640. The molecule has 0 bridgehead atoms. The molecule has 17 heavy (non-hydrogen) atoms. The van der Waals surface area contributed by atoms with E-state index in [1.54, 1.807) is 12.1 Å². The van der Waals surface area contributed by atoms with Crippen LogP contribution in [-0.2, 0) is 11.3 Å². The summed E-state index contributed by atoms with van der Waals surface area (Å²) in [6.45, 7) is 3.12. The van der Waals surface area contributed by atoms with Gasteiger partial charge in [-0.3, -0.25) is 0 Å². The van der Waals surface area contributed by atoms with Gasteiger partial charge in [0, 0.05) is 19.7 Å². The van der Waals surface area contributed by atoms with Crippen LogP contribution in [0.25, 0.3) is 0 Å². The highest BCUT2D eigenvalue weighted by Crippen LogP contribution is 2.28. The van der Waals surface area contributed by atoms with E-state index < -0.39 is 0 Å². The minimum absolute atomic E-state index is 0.175. The number of halogens is 2. The van der Waals surface area contributed by atoms with E-state index in [9.17, 15) is 4.39 Å². The summed E-state index contributed by atoms with van der Waals surface area (Å²) in [5.41, 5.74) is 0.985. The van der Waals surface area contributed by atoms with E-state index >= 15 is 0 Å². The molecule has 0 amide bonds. The molecule has 1 aliphatic rings. The third-order valence-corrected chi connectivity index (χ3v) is 3.08. The maximum atomic E-state index is 12.9. The van der Waals surface area contributed by atoms with Gasteiger partial charge < -0.3 is 10.1 Å². The normalized spacial score (nSPS) is 15.2. The maximum absolute atomic E-state index is 12.9. The summed E-state index contributed by atoms with van der Waals surface area (Å²) in [6.07, 6.45) is 2.64. The van der Waals surface area contributed by atoms with Crippen LogP contribution in [0.1, 0.15) is 18.4 Å². The third-order valence-electron chi connectivity index (χ3n) is 2.79. The predicted octanol–water partition coefficient (Wildman–Crippen LogP) is 3.00. The van der Waals surface area contributed by atoms with Crippen molar-refractivity contribution in [2.24, 2.45) is 5.92 Å². The highest BCUT2D eigenvalue weighted by atomic mass is 35.5. The Morgan fingerprint density at radius 2 is 2.24 bits per heavy atom. The molecule has 1 saturated carbocycles. The molecule has 1 aromatic carbocycles. The summed E-state index contributed by atoms with van der Waals surface area (Å²) in [5.74, 6) is 0.439. The number of hydrogen-bond acceptors (Lipinski definition) is 2. The number of ether oxygens (including phenoxy) is 1. The Balaban J connectivity index is 1.58. The highest BCUT2D eigenvalue weighted by Gasteiger charge is 2.20. The van der Waals surface area contributed by atoms with Gasteiger partial charge in [0.15, 0.2) is 0 Å². The summed E-state index contributed by atoms with van der Waals surface area (Å²) < 4.78 is 18.4. The molecule has 1 aromatic rings. The SMILES string of the molecule is Fc1ccc(CNCCOCC2CC2)cc1Cl. The largest absolute Gasteiger partial charge is 0.380 e.